The van der Waals surface area contributed by atoms with Gasteiger partial charge in [0.15, 0.2) is 0 Å². The van der Waals surface area contributed by atoms with Crippen molar-refractivity contribution < 1.29 is 9.84 Å². The number of ether oxygens (including phenoxy) is 1. The number of aromatic nitrogens is 2. The molecule has 0 spiro atoms. The van der Waals surface area contributed by atoms with Crippen LogP contribution in [-0.2, 0) is 11.3 Å². The van der Waals surface area contributed by atoms with Gasteiger partial charge in [-0.25, -0.2) is 9.97 Å². The molecule has 0 aromatic carbocycles. The number of anilines is 1. The summed E-state index contributed by atoms with van der Waals surface area (Å²) < 4.78 is 5.46. The predicted molar refractivity (Wildman–Crippen MR) is 119 cm³/mol. The van der Waals surface area contributed by atoms with E-state index in [4.69, 9.17) is 14.7 Å². The Bertz CT molecular complexity index is 819. The van der Waals surface area contributed by atoms with Crippen LogP contribution in [0.2, 0.25) is 0 Å². The Morgan fingerprint density at radius 1 is 1.17 bits per heavy atom. The van der Waals surface area contributed by atoms with Gasteiger partial charge in [0.1, 0.15) is 16.5 Å². The number of fused-ring (bicyclic) bond motifs is 1. The molecule has 0 radical (unpaired) electrons. The summed E-state index contributed by atoms with van der Waals surface area (Å²) in [5.74, 6) is 2.34. The van der Waals surface area contributed by atoms with Crippen molar-refractivity contribution in [2.75, 3.05) is 38.2 Å². The first-order chi connectivity index (χ1) is 14.1. The second-order valence-electron chi connectivity index (χ2n) is 8.52. The summed E-state index contributed by atoms with van der Waals surface area (Å²) >= 11 is 1.76. The molecular formula is C22H34N4O2S. The van der Waals surface area contributed by atoms with Crippen LogP contribution in [0.25, 0.3) is 10.2 Å². The van der Waals surface area contributed by atoms with Crippen molar-refractivity contribution in [2.24, 2.45) is 5.92 Å². The summed E-state index contributed by atoms with van der Waals surface area (Å²) in [5.41, 5.74) is 1.29. The minimum Gasteiger partial charge on any atom is -0.393 e. The molecule has 160 valence electrons. The Balaban J connectivity index is 1.44. The van der Waals surface area contributed by atoms with Gasteiger partial charge in [0, 0.05) is 24.5 Å². The number of aliphatic hydroxyl groups is 1. The van der Waals surface area contributed by atoms with Crippen molar-refractivity contribution in [2.45, 2.75) is 65.0 Å². The van der Waals surface area contributed by atoms with Crippen LogP contribution in [0.1, 0.15) is 54.8 Å². The zero-order chi connectivity index (χ0) is 20.2. The molecule has 0 amide bonds. The van der Waals surface area contributed by atoms with Crippen LogP contribution in [-0.4, -0.2) is 58.9 Å². The number of aryl methyl sites for hydroxylation is 2. The lowest BCUT2D eigenvalue weighted by atomic mass is 9.83. The number of nitrogens with one attached hydrogen (secondary N) is 1. The molecule has 4 rings (SSSR count). The van der Waals surface area contributed by atoms with Gasteiger partial charge in [-0.05, 0) is 51.0 Å². The normalized spacial score (nSPS) is 23.6. The molecule has 2 unspecified atom stereocenters. The third kappa shape index (κ3) is 5.08. The first kappa shape index (κ1) is 21.0. The number of hydrogen-bond acceptors (Lipinski definition) is 7. The zero-order valence-electron chi connectivity index (χ0n) is 17.7. The Hall–Kier alpha value is -1.28. The fourth-order valence-corrected chi connectivity index (χ4v) is 5.60. The van der Waals surface area contributed by atoms with Crippen LogP contribution < -0.4 is 5.32 Å². The molecule has 0 bridgehead atoms. The summed E-state index contributed by atoms with van der Waals surface area (Å²) in [6.07, 6.45) is 6.64. The van der Waals surface area contributed by atoms with Gasteiger partial charge in [0.25, 0.3) is 0 Å². The summed E-state index contributed by atoms with van der Waals surface area (Å²) in [6.45, 7) is 9.46. The van der Waals surface area contributed by atoms with E-state index in [0.717, 1.165) is 75.1 Å². The molecule has 1 saturated carbocycles. The molecule has 2 N–H and O–H groups in total. The molecule has 2 aromatic rings. The van der Waals surface area contributed by atoms with Gasteiger partial charge in [-0.3, -0.25) is 4.90 Å². The number of morpholine rings is 1. The molecule has 6 nitrogen and oxygen atoms in total. The lowest BCUT2D eigenvalue weighted by Gasteiger charge is -2.27. The average molecular weight is 419 g/mol. The van der Waals surface area contributed by atoms with E-state index in [0.29, 0.717) is 5.92 Å². The quantitative estimate of drug-likeness (QED) is 0.665. The van der Waals surface area contributed by atoms with Crippen LogP contribution in [0.5, 0.6) is 0 Å². The van der Waals surface area contributed by atoms with E-state index >= 15 is 0 Å². The van der Waals surface area contributed by atoms with Crippen molar-refractivity contribution in [1.29, 1.82) is 0 Å². The number of aliphatic hydroxyl groups excluding tert-OH is 1. The van der Waals surface area contributed by atoms with Gasteiger partial charge >= 0.3 is 0 Å². The van der Waals surface area contributed by atoms with Crippen LogP contribution in [0.4, 0.5) is 5.82 Å². The van der Waals surface area contributed by atoms with E-state index in [1.807, 2.05) is 0 Å². The Morgan fingerprint density at radius 2 is 1.97 bits per heavy atom. The molecule has 1 aliphatic carbocycles. The molecule has 3 heterocycles. The summed E-state index contributed by atoms with van der Waals surface area (Å²) in [7, 11) is 0. The van der Waals surface area contributed by atoms with Crippen molar-refractivity contribution in [3.63, 3.8) is 0 Å². The number of hydrogen-bond donors (Lipinski definition) is 2. The summed E-state index contributed by atoms with van der Waals surface area (Å²) in [6, 6.07) is 0. The van der Waals surface area contributed by atoms with Gasteiger partial charge in [-0.2, -0.15) is 0 Å². The highest BCUT2D eigenvalue weighted by molar-refractivity contribution is 7.18. The van der Waals surface area contributed by atoms with Crippen molar-refractivity contribution >= 4 is 27.4 Å². The van der Waals surface area contributed by atoms with Crippen molar-refractivity contribution in [3.05, 3.63) is 16.3 Å². The van der Waals surface area contributed by atoms with Crippen LogP contribution in [0.15, 0.2) is 0 Å². The average Bonchev–Trinajstić information content (AvgIpc) is 3.01. The third-order valence-electron chi connectivity index (χ3n) is 6.46. The first-order valence-corrected chi connectivity index (χ1v) is 11.9. The van der Waals surface area contributed by atoms with Gasteiger partial charge in [0.2, 0.25) is 0 Å². The minimum atomic E-state index is -0.101. The van der Waals surface area contributed by atoms with E-state index in [9.17, 15) is 5.11 Å². The largest absolute Gasteiger partial charge is 0.393 e. The molecular weight excluding hydrogens is 384 g/mol. The van der Waals surface area contributed by atoms with Gasteiger partial charge in [-0.1, -0.05) is 12.8 Å². The Morgan fingerprint density at radius 3 is 2.76 bits per heavy atom. The lowest BCUT2D eigenvalue weighted by Crippen LogP contribution is -2.36. The van der Waals surface area contributed by atoms with E-state index < -0.39 is 0 Å². The van der Waals surface area contributed by atoms with E-state index in [2.05, 4.69) is 24.1 Å². The highest BCUT2D eigenvalue weighted by Crippen LogP contribution is 2.34. The predicted octanol–water partition coefficient (Wildman–Crippen LogP) is 3.88. The second kappa shape index (κ2) is 9.69. The van der Waals surface area contributed by atoms with Crippen LogP contribution >= 0.6 is 11.3 Å². The van der Waals surface area contributed by atoms with Gasteiger partial charge in [-0.15, -0.1) is 11.3 Å². The highest BCUT2D eigenvalue weighted by atomic mass is 32.1. The first-order valence-electron chi connectivity index (χ1n) is 11.1. The maximum absolute atomic E-state index is 10.2. The third-order valence-corrected chi connectivity index (χ3v) is 7.56. The van der Waals surface area contributed by atoms with Crippen molar-refractivity contribution in [1.82, 2.24) is 14.9 Å². The lowest BCUT2D eigenvalue weighted by molar-refractivity contribution is 0.0331. The number of nitrogens with zero attached hydrogens (tertiary/aromatic N) is 3. The van der Waals surface area contributed by atoms with E-state index in [-0.39, 0.29) is 6.10 Å². The van der Waals surface area contributed by atoms with E-state index in [1.54, 1.807) is 11.3 Å². The Kier molecular flexibility index (Phi) is 7.00. The Labute approximate surface area is 177 Å². The van der Waals surface area contributed by atoms with Crippen LogP contribution in [0.3, 0.4) is 0 Å². The van der Waals surface area contributed by atoms with Gasteiger partial charge < -0.3 is 15.2 Å². The number of thiophene rings is 1. The number of rotatable bonds is 7. The fourth-order valence-electron chi connectivity index (χ4n) is 4.55. The molecule has 2 aliphatic rings. The molecule has 2 fully saturated rings. The minimum absolute atomic E-state index is 0.101. The second-order valence-corrected chi connectivity index (χ2v) is 9.72. The molecule has 2 aromatic heterocycles. The summed E-state index contributed by atoms with van der Waals surface area (Å²) in [4.78, 5) is 14.6. The maximum Gasteiger partial charge on any atom is 0.146 e. The monoisotopic (exact) mass is 418 g/mol. The topological polar surface area (TPSA) is 70.5 Å². The van der Waals surface area contributed by atoms with Crippen molar-refractivity contribution in [3.8, 4) is 0 Å². The molecule has 7 heteroatoms. The van der Waals surface area contributed by atoms with E-state index in [1.165, 1.54) is 35.1 Å². The molecule has 2 atom stereocenters. The summed E-state index contributed by atoms with van der Waals surface area (Å²) in [5, 5.41) is 15.0. The van der Waals surface area contributed by atoms with Gasteiger partial charge in [0.05, 0.1) is 31.2 Å². The standard InChI is InChI=1S/C22H34N4O2S/c1-15-16(2)29-22-20(15)21(23-9-5-7-17-6-3-4-8-18(17)27)24-19(25-22)14-26-10-12-28-13-11-26/h17-18,27H,3-14H2,1-2H3,(H,23,24,25). The molecule has 1 aliphatic heterocycles. The maximum atomic E-state index is 10.2. The zero-order valence-corrected chi connectivity index (χ0v) is 18.6. The highest BCUT2D eigenvalue weighted by Gasteiger charge is 2.22. The molecule has 29 heavy (non-hydrogen) atoms. The molecule has 1 saturated heterocycles. The van der Waals surface area contributed by atoms with Crippen LogP contribution in [0, 0.1) is 19.8 Å². The SMILES string of the molecule is Cc1sc2nc(CN3CCOCC3)nc(NCCCC3CCCCC3O)c2c1C. The fraction of sp³-hybridized carbons (Fsp3) is 0.727. The smallest absolute Gasteiger partial charge is 0.146 e.